The van der Waals surface area contributed by atoms with Gasteiger partial charge in [0.1, 0.15) is 6.10 Å². The molecule has 0 aliphatic carbocycles. The van der Waals surface area contributed by atoms with Crippen molar-refractivity contribution in [2.45, 2.75) is 32.3 Å². The number of ether oxygens (including phenoxy) is 2. The zero-order valence-corrected chi connectivity index (χ0v) is 16.5. The summed E-state index contributed by atoms with van der Waals surface area (Å²) in [5.74, 6) is -2.02. The second-order valence-electron chi connectivity index (χ2n) is 7.00. The number of rotatable bonds is 5. The van der Waals surface area contributed by atoms with E-state index in [1.807, 2.05) is 0 Å². The molecule has 0 spiro atoms. The van der Waals surface area contributed by atoms with Crippen molar-refractivity contribution in [1.29, 1.82) is 0 Å². The lowest BCUT2D eigenvalue weighted by Crippen LogP contribution is -2.33. The van der Waals surface area contributed by atoms with Crippen LogP contribution in [0.4, 0.5) is 5.69 Å². The van der Waals surface area contributed by atoms with Gasteiger partial charge >= 0.3 is 11.9 Å². The first-order valence-electron chi connectivity index (χ1n) is 9.26. The zero-order valence-electron chi connectivity index (χ0n) is 16.5. The molecule has 0 saturated carbocycles. The number of hydrogen-bond acceptors (Lipinski definition) is 8. The summed E-state index contributed by atoms with van der Waals surface area (Å²) in [6.07, 6.45) is 0.438. The first kappa shape index (κ1) is 20.5. The maximum Gasteiger partial charge on any atom is 0.337 e. The van der Waals surface area contributed by atoms with Gasteiger partial charge in [0.2, 0.25) is 0 Å². The van der Waals surface area contributed by atoms with Crippen LogP contribution in [-0.4, -0.2) is 43.2 Å². The lowest BCUT2D eigenvalue weighted by molar-refractivity contribution is -0.384. The van der Waals surface area contributed by atoms with Crippen molar-refractivity contribution in [2.24, 2.45) is 0 Å². The molecule has 29 heavy (non-hydrogen) atoms. The van der Waals surface area contributed by atoms with Crippen LogP contribution in [0, 0.1) is 10.1 Å². The van der Waals surface area contributed by atoms with Crippen molar-refractivity contribution in [3.63, 3.8) is 0 Å². The number of nitrogens with one attached hydrogen (secondary N) is 2. The third kappa shape index (κ3) is 4.14. The second kappa shape index (κ2) is 8.44. The van der Waals surface area contributed by atoms with Crippen molar-refractivity contribution in [3.05, 3.63) is 62.5 Å². The third-order valence-corrected chi connectivity index (χ3v) is 5.09. The Kier molecular flexibility index (Phi) is 5.97. The van der Waals surface area contributed by atoms with Gasteiger partial charge in [-0.1, -0.05) is 12.1 Å². The van der Waals surface area contributed by atoms with Gasteiger partial charge < -0.3 is 20.1 Å². The van der Waals surface area contributed by atoms with Gasteiger partial charge in [0.05, 0.1) is 29.1 Å². The van der Waals surface area contributed by atoms with E-state index in [-0.39, 0.29) is 22.9 Å². The molecule has 154 valence electrons. The molecule has 2 aliphatic rings. The monoisotopic (exact) mass is 401 g/mol. The van der Waals surface area contributed by atoms with Crippen molar-refractivity contribution >= 4 is 17.6 Å². The standard InChI is InChI=1S/C20H23N3O6/c1-11-16(19(24)28-3)18(13-5-4-6-14(9-13)23(26)27)17(12(2)22-11)20(25)29-15-7-8-21-10-15/h4-6,9,15,18,21-22H,7-8,10H2,1-3H3/t15-,18-/m0/s1. The minimum Gasteiger partial charge on any atom is -0.466 e. The fourth-order valence-electron chi connectivity index (χ4n) is 3.74. The predicted octanol–water partition coefficient (Wildman–Crippen LogP) is 1.91. The minimum absolute atomic E-state index is 0.131. The largest absolute Gasteiger partial charge is 0.466 e. The van der Waals surface area contributed by atoms with Crippen LogP contribution >= 0.6 is 0 Å². The molecule has 1 fully saturated rings. The molecule has 0 radical (unpaired) electrons. The van der Waals surface area contributed by atoms with Crippen LogP contribution in [0.15, 0.2) is 46.8 Å². The molecule has 2 N–H and O–H groups in total. The van der Waals surface area contributed by atoms with Gasteiger partial charge in [0.15, 0.2) is 0 Å². The van der Waals surface area contributed by atoms with Crippen LogP contribution in [0.25, 0.3) is 0 Å². The average molecular weight is 401 g/mol. The van der Waals surface area contributed by atoms with E-state index in [0.29, 0.717) is 29.9 Å². The van der Waals surface area contributed by atoms with E-state index < -0.39 is 22.8 Å². The molecule has 2 heterocycles. The lowest BCUT2D eigenvalue weighted by Gasteiger charge is -2.30. The molecule has 1 aromatic carbocycles. The fourth-order valence-corrected chi connectivity index (χ4v) is 3.74. The number of esters is 2. The number of non-ortho nitro benzene ring substituents is 1. The number of methoxy groups -OCH3 is 1. The number of nitrogens with zero attached hydrogens (tertiary/aromatic N) is 1. The van der Waals surface area contributed by atoms with E-state index in [2.05, 4.69) is 10.6 Å². The van der Waals surface area contributed by atoms with E-state index in [4.69, 9.17) is 9.47 Å². The summed E-state index contributed by atoms with van der Waals surface area (Å²) >= 11 is 0. The summed E-state index contributed by atoms with van der Waals surface area (Å²) in [4.78, 5) is 36.4. The Morgan fingerprint density at radius 1 is 1.17 bits per heavy atom. The SMILES string of the molecule is COC(=O)C1=C(C)NC(C)=C(C(=O)O[C@H]2CCNC2)[C@H]1c1cccc([N+](=O)[O-])c1. The van der Waals surface area contributed by atoms with Gasteiger partial charge in [-0.15, -0.1) is 0 Å². The first-order valence-corrected chi connectivity index (χ1v) is 9.26. The Hall–Kier alpha value is -3.20. The van der Waals surface area contributed by atoms with Crippen LogP contribution in [0.1, 0.15) is 31.7 Å². The Balaban J connectivity index is 2.09. The summed E-state index contributed by atoms with van der Waals surface area (Å²) in [6, 6.07) is 5.90. The molecule has 0 aromatic heterocycles. The summed E-state index contributed by atoms with van der Waals surface area (Å²) in [5, 5.41) is 17.4. The summed E-state index contributed by atoms with van der Waals surface area (Å²) in [6.45, 7) is 4.73. The molecule has 9 heteroatoms. The normalized spacial score (nSPS) is 21.6. The van der Waals surface area contributed by atoms with E-state index in [9.17, 15) is 19.7 Å². The maximum atomic E-state index is 13.1. The number of nitro benzene ring substituents is 1. The van der Waals surface area contributed by atoms with Gasteiger partial charge in [-0.05, 0) is 32.4 Å². The molecule has 2 aliphatic heterocycles. The second-order valence-corrected chi connectivity index (χ2v) is 7.00. The highest BCUT2D eigenvalue weighted by Crippen LogP contribution is 2.40. The number of dihydropyridines is 1. The van der Waals surface area contributed by atoms with E-state index in [1.54, 1.807) is 19.9 Å². The van der Waals surface area contributed by atoms with E-state index in [0.717, 1.165) is 6.54 Å². The molecule has 1 saturated heterocycles. The average Bonchev–Trinajstić information content (AvgIpc) is 3.19. The van der Waals surface area contributed by atoms with Crippen LogP contribution in [0.5, 0.6) is 0 Å². The van der Waals surface area contributed by atoms with Gasteiger partial charge in [-0.25, -0.2) is 9.59 Å². The Bertz CT molecular complexity index is 915. The van der Waals surface area contributed by atoms with Crippen LogP contribution in [0.2, 0.25) is 0 Å². The summed E-state index contributed by atoms with van der Waals surface area (Å²) < 4.78 is 10.6. The van der Waals surface area contributed by atoms with Gasteiger partial charge in [0, 0.05) is 30.1 Å². The van der Waals surface area contributed by atoms with Crippen molar-refractivity contribution in [2.75, 3.05) is 20.2 Å². The van der Waals surface area contributed by atoms with Crippen molar-refractivity contribution in [1.82, 2.24) is 10.6 Å². The van der Waals surface area contributed by atoms with Gasteiger partial charge in [-0.3, -0.25) is 10.1 Å². The van der Waals surface area contributed by atoms with Crippen LogP contribution < -0.4 is 10.6 Å². The van der Waals surface area contributed by atoms with Crippen LogP contribution in [0.3, 0.4) is 0 Å². The Morgan fingerprint density at radius 3 is 2.45 bits per heavy atom. The van der Waals surface area contributed by atoms with Crippen LogP contribution in [-0.2, 0) is 19.1 Å². The smallest absolute Gasteiger partial charge is 0.337 e. The van der Waals surface area contributed by atoms with E-state index in [1.165, 1.54) is 25.3 Å². The summed E-state index contributed by atoms with van der Waals surface area (Å²) in [5.41, 5.74) is 1.82. The molecule has 0 bridgehead atoms. The number of nitro groups is 1. The Morgan fingerprint density at radius 2 is 1.86 bits per heavy atom. The molecular weight excluding hydrogens is 378 g/mol. The predicted molar refractivity (Wildman–Crippen MR) is 104 cm³/mol. The quantitative estimate of drug-likeness (QED) is 0.436. The maximum absolute atomic E-state index is 13.1. The molecule has 0 unspecified atom stereocenters. The van der Waals surface area contributed by atoms with Gasteiger partial charge in [0.25, 0.3) is 5.69 Å². The topological polar surface area (TPSA) is 120 Å². The zero-order chi connectivity index (χ0) is 21.1. The number of hydrogen-bond donors (Lipinski definition) is 2. The number of carbonyl (C=O) groups is 2. The number of allylic oxidation sites excluding steroid dienone is 2. The Labute approximate surface area is 167 Å². The number of carbonyl (C=O) groups excluding carboxylic acids is 2. The molecule has 1 aromatic rings. The third-order valence-electron chi connectivity index (χ3n) is 5.09. The molecular formula is C20H23N3O6. The van der Waals surface area contributed by atoms with Crippen molar-refractivity contribution in [3.8, 4) is 0 Å². The van der Waals surface area contributed by atoms with Crippen molar-refractivity contribution < 1.29 is 24.0 Å². The van der Waals surface area contributed by atoms with Gasteiger partial charge in [-0.2, -0.15) is 0 Å². The summed E-state index contributed by atoms with van der Waals surface area (Å²) in [7, 11) is 1.25. The highest BCUT2D eigenvalue weighted by atomic mass is 16.6. The molecule has 0 amide bonds. The highest BCUT2D eigenvalue weighted by molar-refractivity contribution is 6.00. The molecule has 2 atom stereocenters. The minimum atomic E-state index is -0.842. The molecule has 3 rings (SSSR count). The highest BCUT2D eigenvalue weighted by Gasteiger charge is 2.39. The molecule has 9 nitrogen and oxygen atoms in total. The number of benzene rings is 1. The fraction of sp³-hybridized carbons (Fsp3) is 0.400. The van der Waals surface area contributed by atoms with E-state index >= 15 is 0 Å². The first-order chi connectivity index (χ1) is 13.8. The lowest BCUT2D eigenvalue weighted by atomic mass is 9.80.